The molecule has 1 aliphatic rings. The van der Waals surface area contributed by atoms with Gasteiger partial charge in [0.1, 0.15) is 0 Å². The molecule has 1 N–H and O–H groups in total. The first-order chi connectivity index (χ1) is 8.67. The monoisotopic (exact) mass is 247 g/mol. The van der Waals surface area contributed by atoms with E-state index in [1.54, 1.807) is 0 Å². The molecule has 1 aromatic heterocycles. The molecule has 1 saturated heterocycles. The molecule has 3 nitrogen and oxygen atoms in total. The first kappa shape index (κ1) is 13.3. The summed E-state index contributed by atoms with van der Waals surface area (Å²) in [6.45, 7) is 7.92. The first-order valence-corrected chi connectivity index (χ1v) is 7.01. The minimum absolute atomic E-state index is 0.553. The summed E-state index contributed by atoms with van der Waals surface area (Å²) in [5.74, 6) is 0. The third-order valence-electron chi connectivity index (χ3n) is 4.35. The summed E-state index contributed by atoms with van der Waals surface area (Å²) in [5, 5.41) is 3.16. The summed E-state index contributed by atoms with van der Waals surface area (Å²) < 4.78 is 0. The molecule has 1 aromatic rings. The van der Waals surface area contributed by atoms with E-state index in [1.807, 2.05) is 13.2 Å². The molecular formula is C15H25N3. The van der Waals surface area contributed by atoms with Crippen LogP contribution in [0.2, 0.25) is 0 Å². The van der Waals surface area contributed by atoms with Crippen molar-refractivity contribution in [2.24, 2.45) is 5.41 Å². The van der Waals surface area contributed by atoms with Crippen LogP contribution in [-0.2, 0) is 6.54 Å². The third-order valence-corrected chi connectivity index (χ3v) is 4.35. The SMILES string of the molecule is CCC1(C)CCN(c2ccnc(CNC)c2)CC1. The fourth-order valence-corrected chi connectivity index (χ4v) is 2.60. The maximum atomic E-state index is 4.38. The van der Waals surface area contributed by atoms with Crippen LogP contribution in [0.25, 0.3) is 0 Å². The molecule has 0 atom stereocenters. The molecule has 0 aliphatic carbocycles. The van der Waals surface area contributed by atoms with Gasteiger partial charge in [-0.3, -0.25) is 4.98 Å². The van der Waals surface area contributed by atoms with E-state index in [0.29, 0.717) is 5.41 Å². The molecule has 1 aliphatic heterocycles. The second-order valence-electron chi connectivity index (χ2n) is 5.69. The van der Waals surface area contributed by atoms with Gasteiger partial charge in [-0.15, -0.1) is 0 Å². The zero-order chi connectivity index (χ0) is 13.0. The van der Waals surface area contributed by atoms with Crippen molar-refractivity contribution in [1.29, 1.82) is 0 Å². The molecule has 0 amide bonds. The van der Waals surface area contributed by atoms with Crippen LogP contribution in [0.4, 0.5) is 5.69 Å². The number of hydrogen-bond donors (Lipinski definition) is 1. The van der Waals surface area contributed by atoms with Gasteiger partial charge in [0.2, 0.25) is 0 Å². The van der Waals surface area contributed by atoms with Crippen molar-refractivity contribution in [3.8, 4) is 0 Å². The number of hydrogen-bond acceptors (Lipinski definition) is 3. The Kier molecular flexibility index (Phi) is 4.23. The van der Waals surface area contributed by atoms with Crippen molar-refractivity contribution in [2.75, 3.05) is 25.0 Å². The Hall–Kier alpha value is -1.09. The highest BCUT2D eigenvalue weighted by atomic mass is 15.1. The lowest BCUT2D eigenvalue weighted by Gasteiger charge is -2.40. The lowest BCUT2D eigenvalue weighted by Crippen LogP contribution is -2.38. The minimum atomic E-state index is 0.553. The molecule has 2 heterocycles. The van der Waals surface area contributed by atoms with Crippen molar-refractivity contribution in [3.63, 3.8) is 0 Å². The van der Waals surface area contributed by atoms with E-state index in [9.17, 15) is 0 Å². The Morgan fingerprint density at radius 3 is 2.72 bits per heavy atom. The maximum absolute atomic E-state index is 4.38. The quantitative estimate of drug-likeness (QED) is 0.887. The Morgan fingerprint density at radius 2 is 2.11 bits per heavy atom. The average molecular weight is 247 g/mol. The van der Waals surface area contributed by atoms with Crippen molar-refractivity contribution >= 4 is 5.69 Å². The molecule has 0 aromatic carbocycles. The molecule has 2 rings (SSSR count). The number of piperidine rings is 1. The number of nitrogens with zero attached hydrogens (tertiary/aromatic N) is 2. The number of rotatable bonds is 4. The molecule has 18 heavy (non-hydrogen) atoms. The predicted octanol–water partition coefficient (Wildman–Crippen LogP) is 2.82. The van der Waals surface area contributed by atoms with Crippen LogP contribution in [0.15, 0.2) is 18.3 Å². The first-order valence-electron chi connectivity index (χ1n) is 7.01. The van der Waals surface area contributed by atoms with Gasteiger partial charge < -0.3 is 10.2 Å². The van der Waals surface area contributed by atoms with Crippen LogP contribution in [0.3, 0.4) is 0 Å². The normalized spacial score (nSPS) is 18.9. The zero-order valence-electron chi connectivity index (χ0n) is 11.9. The van der Waals surface area contributed by atoms with Gasteiger partial charge in [-0.05, 0) is 37.4 Å². The summed E-state index contributed by atoms with van der Waals surface area (Å²) in [4.78, 5) is 6.88. The molecule has 1 fully saturated rings. The highest BCUT2D eigenvalue weighted by molar-refractivity contribution is 5.47. The van der Waals surface area contributed by atoms with Gasteiger partial charge in [-0.2, -0.15) is 0 Å². The van der Waals surface area contributed by atoms with Crippen molar-refractivity contribution in [3.05, 3.63) is 24.0 Å². The summed E-state index contributed by atoms with van der Waals surface area (Å²) >= 11 is 0. The third kappa shape index (κ3) is 3.02. The van der Waals surface area contributed by atoms with Gasteiger partial charge in [0, 0.05) is 31.5 Å². The van der Waals surface area contributed by atoms with Gasteiger partial charge in [0.05, 0.1) is 5.69 Å². The highest BCUT2D eigenvalue weighted by Crippen LogP contribution is 2.35. The predicted molar refractivity (Wildman–Crippen MR) is 76.8 cm³/mol. The van der Waals surface area contributed by atoms with E-state index < -0.39 is 0 Å². The number of aromatic nitrogens is 1. The van der Waals surface area contributed by atoms with E-state index in [0.717, 1.165) is 12.2 Å². The van der Waals surface area contributed by atoms with Gasteiger partial charge >= 0.3 is 0 Å². The second-order valence-corrected chi connectivity index (χ2v) is 5.69. The van der Waals surface area contributed by atoms with Crippen molar-refractivity contribution in [2.45, 2.75) is 39.7 Å². The van der Waals surface area contributed by atoms with E-state index in [4.69, 9.17) is 0 Å². The minimum Gasteiger partial charge on any atom is -0.371 e. The molecule has 0 spiro atoms. The molecule has 100 valence electrons. The smallest absolute Gasteiger partial charge is 0.0562 e. The summed E-state index contributed by atoms with van der Waals surface area (Å²) in [5.41, 5.74) is 3.00. The topological polar surface area (TPSA) is 28.2 Å². The largest absolute Gasteiger partial charge is 0.371 e. The fraction of sp³-hybridized carbons (Fsp3) is 0.667. The molecule has 0 radical (unpaired) electrons. The standard InChI is InChI=1S/C15H25N3/c1-4-15(2)6-9-18(10-7-15)14-5-8-17-13(11-14)12-16-3/h5,8,11,16H,4,6-7,9-10,12H2,1-3H3. The van der Waals surface area contributed by atoms with E-state index in [-0.39, 0.29) is 0 Å². The van der Waals surface area contributed by atoms with Crippen LogP contribution >= 0.6 is 0 Å². The van der Waals surface area contributed by atoms with Gasteiger partial charge in [-0.25, -0.2) is 0 Å². The molecule has 0 bridgehead atoms. The van der Waals surface area contributed by atoms with E-state index >= 15 is 0 Å². The number of nitrogens with one attached hydrogen (secondary N) is 1. The Labute approximate surface area is 111 Å². The van der Waals surface area contributed by atoms with Gasteiger partial charge in [0.15, 0.2) is 0 Å². The van der Waals surface area contributed by atoms with Crippen LogP contribution in [0, 0.1) is 5.41 Å². The summed E-state index contributed by atoms with van der Waals surface area (Å²) in [6, 6.07) is 4.35. The highest BCUT2D eigenvalue weighted by Gasteiger charge is 2.28. The van der Waals surface area contributed by atoms with Gasteiger partial charge in [0.25, 0.3) is 0 Å². The average Bonchev–Trinajstić information content (AvgIpc) is 2.40. The van der Waals surface area contributed by atoms with Crippen molar-refractivity contribution in [1.82, 2.24) is 10.3 Å². The van der Waals surface area contributed by atoms with Crippen LogP contribution in [0.5, 0.6) is 0 Å². The van der Waals surface area contributed by atoms with Crippen molar-refractivity contribution < 1.29 is 0 Å². The molecule has 0 unspecified atom stereocenters. The fourth-order valence-electron chi connectivity index (χ4n) is 2.60. The van der Waals surface area contributed by atoms with Crippen LogP contribution in [0.1, 0.15) is 38.8 Å². The Morgan fingerprint density at radius 1 is 1.39 bits per heavy atom. The van der Waals surface area contributed by atoms with Gasteiger partial charge in [-0.1, -0.05) is 20.3 Å². The Bertz CT molecular complexity index is 381. The summed E-state index contributed by atoms with van der Waals surface area (Å²) in [7, 11) is 1.96. The number of pyridine rings is 1. The summed E-state index contributed by atoms with van der Waals surface area (Å²) in [6.07, 6.45) is 5.82. The maximum Gasteiger partial charge on any atom is 0.0562 e. The second kappa shape index (κ2) is 5.70. The zero-order valence-corrected chi connectivity index (χ0v) is 11.9. The molecular weight excluding hydrogens is 222 g/mol. The number of anilines is 1. The lowest BCUT2D eigenvalue weighted by atomic mass is 9.78. The molecule has 3 heteroatoms. The Balaban J connectivity index is 2.03. The van der Waals surface area contributed by atoms with Crippen LogP contribution in [-0.4, -0.2) is 25.1 Å². The van der Waals surface area contributed by atoms with E-state index in [1.165, 1.54) is 38.0 Å². The van der Waals surface area contributed by atoms with E-state index in [2.05, 4.69) is 41.2 Å². The lowest BCUT2D eigenvalue weighted by molar-refractivity contribution is 0.238. The van der Waals surface area contributed by atoms with Crippen LogP contribution < -0.4 is 10.2 Å². The molecule has 0 saturated carbocycles.